The fraction of sp³-hybridized carbons (Fsp3) is 0.500. The van der Waals surface area contributed by atoms with Gasteiger partial charge in [-0.15, -0.1) is 17.9 Å². The van der Waals surface area contributed by atoms with Gasteiger partial charge in [-0.25, -0.2) is 14.8 Å². The first-order valence-electron chi connectivity index (χ1n) is 20.8. The van der Waals surface area contributed by atoms with E-state index in [1.54, 1.807) is 49.7 Å². The van der Waals surface area contributed by atoms with Gasteiger partial charge in [-0.2, -0.15) is 0 Å². The summed E-state index contributed by atoms with van der Waals surface area (Å²) in [6, 6.07) is 8.62. The minimum Gasteiger partial charge on any atom is -0.497 e. The number of benzene rings is 1. The Morgan fingerprint density at radius 1 is 1.11 bits per heavy atom. The van der Waals surface area contributed by atoms with Crippen LogP contribution in [0.2, 0.25) is 0 Å². The Labute approximate surface area is 360 Å². The lowest BCUT2D eigenvalue weighted by Crippen LogP contribution is -2.58. The van der Waals surface area contributed by atoms with Crippen LogP contribution in [0.4, 0.5) is 9.93 Å². The van der Waals surface area contributed by atoms with E-state index in [-0.39, 0.29) is 37.7 Å². The van der Waals surface area contributed by atoms with E-state index >= 15 is 0 Å². The van der Waals surface area contributed by atoms with Crippen LogP contribution in [0.3, 0.4) is 0 Å². The van der Waals surface area contributed by atoms with E-state index in [0.29, 0.717) is 39.4 Å². The molecule has 4 aromatic rings. The summed E-state index contributed by atoms with van der Waals surface area (Å²) in [6.07, 6.45) is 6.53. The first-order chi connectivity index (χ1) is 29.0. The molecule has 2 unspecified atom stereocenters. The van der Waals surface area contributed by atoms with Gasteiger partial charge in [0, 0.05) is 53.7 Å². The summed E-state index contributed by atoms with van der Waals surface area (Å²) < 4.78 is 32.3. The van der Waals surface area contributed by atoms with E-state index in [1.807, 2.05) is 46.1 Å². The lowest BCUT2D eigenvalue weighted by atomic mass is 9.85. The van der Waals surface area contributed by atoms with E-state index in [1.165, 1.54) is 22.4 Å². The molecule has 4 N–H and O–H groups in total. The molecule has 4 heterocycles. The van der Waals surface area contributed by atoms with Gasteiger partial charge in [0.1, 0.15) is 46.8 Å². The molecule has 3 amide bonds. The fourth-order valence-electron chi connectivity index (χ4n) is 8.28. The Morgan fingerprint density at radius 3 is 2.54 bits per heavy atom. The van der Waals surface area contributed by atoms with Crippen LogP contribution < -0.4 is 25.4 Å². The molecule has 2 saturated carbocycles. The number of aromatic nitrogens is 3. The number of anilines is 1. The minimum atomic E-state index is -4.12. The average molecular weight is 874 g/mol. The lowest BCUT2D eigenvalue weighted by molar-refractivity contribution is -0.142. The molecule has 2 aliphatic carbocycles. The summed E-state index contributed by atoms with van der Waals surface area (Å²) in [5.74, 6) is -0.534. The van der Waals surface area contributed by atoms with Gasteiger partial charge >= 0.3 is 6.09 Å². The van der Waals surface area contributed by atoms with Gasteiger partial charge in [-0.3, -0.25) is 19.1 Å². The molecule has 0 spiro atoms. The van der Waals surface area contributed by atoms with Crippen molar-refractivity contribution >= 4 is 52.6 Å². The number of carbonyl (C=O) groups excluding carboxylic acids is 3. The summed E-state index contributed by atoms with van der Waals surface area (Å²) in [5.41, 5.74) is 1.54. The largest absolute Gasteiger partial charge is 0.497 e. The molecule has 3 aromatic heterocycles. The number of likely N-dealkylation sites (tertiary alicyclic amines) is 1. The first-order valence-corrected chi connectivity index (χ1v) is 23.5. The summed E-state index contributed by atoms with van der Waals surface area (Å²) in [4.78, 5) is 69.7. The van der Waals surface area contributed by atoms with Crippen LogP contribution in [0, 0.1) is 11.3 Å². The number of thiazole rings is 1. The summed E-state index contributed by atoms with van der Waals surface area (Å²) in [5, 5.41) is 11.0. The third-order valence-corrected chi connectivity index (χ3v) is 15.0. The molecule has 7 rings (SSSR count). The molecule has 1 saturated heterocycles. The Morgan fingerprint density at radius 2 is 1.89 bits per heavy atom. The second-order valence-corrected chi connectivity index (χ2v) is 21.0. The highest BCUT2D eigenvalue weighted by atomic mass is 32.1. The molecular weight excluding hydrogens is 818 g/mol. The molecule has 3 fully saturated rings. The molecule has 0 radical (unpaired) electrons. The van der Waals surface area contributed by atoms with Crippen molar-refractivity contribution in [3.05, 3.63) is 72.4 Å². The van der Waals surface area contributed by atoms with Crippen LogP contribution in [-0.4, -0.2) is 91.9 Å². The number of nitrogens with one attached hydrogen (secondary N) is 3. The number of hydrogen-bond acceptors (Lipinski definition) is 12. The van der Waals surface area contributed by atoms with Crippen LogP contribution >= 0.6 is 18.7 Å². The highest BCUT2D eigenvalue weighted by Gasteiger charge is 2.65. The third-order valence-electron chi connectivity index (χ3n) is 11.6. The molecule has 3 aliphatic rings. The monoisotopic (exact) mass is 873 g/mol. The quantitative estimate of drug-likeness (QED) is 0.0680. The van der Waals surface area contributed by atoms with Crippen molar-refractivity contribution in [3.63, 3.8) is 0 Å². The Hall–Kier alpha value is -5.05. The molecule has 1 aliphatic heterocycles. The molecule has 1 aromatic carbocycles. The minimum absolute atomic E-state index is 0.0261. The van der Waals surface area contributed by atoms with Crippen LogP contribution in [0.1, 0.15) is 78.7 Å². The van der Waals surface area contributed by atoms with Crippen LogP contribution in [0.15, 0.2) is 66.8 Å². The number of nitrogens with zero attached hydrogens (tertiary/aromatic N) is 4. The number of hydrogen-bond donors (Lipinski definition) is 4. The molecule has 6 atom stereocenters. The second kappa shape index (κ2) is 17.7. The van der Waals surface area contributed by atoms with E-state index in [9.17, 15) is 23.8 Å². The van der Waals surface area contributed by atoms with Crippen molar-refractivity contribution in [3.8, 4) is 22.9 Å². The number of methoxy groups -OCH3 is 1. The smallest absolute Gasteiger partial charge is 0.408 e. The predicted molar refractivity (Wildman–Crippen MR) is 235 cm³/mol. The summed E-state index contributed by atoms with van der Waals surface area (Å²) in [7, 11) is -2.54. The highest BCUT2D eigenvalue weighted by molar-refractivity contribution is 7.59. The number of fused-ring (bicyclic) bond motifs is 1. The van der Waals surface area contributed by atoms with Crippen LogP contribution in [0.5, 0.6) is 11.5 Å². The summed E-state index contributed by atoms with van der Waals surface area (Å²) in [6.45, 7) is 13.4. The number of ether oxygens (including phenoxy) is 3. The zero-order valence-corrected chi connectivity index (χ0v) is 37.3. The molecule has 326 valence electrons. The third kappa shape index (κ3) is 9.71. The van der Waals surface area contributed by atoms with Gasteiger partial charge in [0.05, 0.1) is 31.0 Å². The second-order valence-electron chi connectivity index (χ2n) is 17.6. The van der Waals surface area contributed by atoms with Gasteiger partial charge < -0.3 is 40.0 Å². The van der Waals surface area contributed by atoms with Gasteiger partial charge in [-0.1, -0.05) is 32.9 Å². The maximum Gasteiger partial charge on any atom is 0.408 e. The molecular formula is C44H56N7O8PS. The van der Waals surface area contributed by atoms with Gasteiger partial charge in [0.2, 0.25) is 19.2 Å². The van der Waals surface area contributed by atoms with Gasteiger partial charge in [0.25, 0.3) is 0 Å². The zero-order chi connectivity index (χ0) is 43.7. The Kier molecular flexibility index (Phi) is 12.8. The average Bonchev–Trinajstić information content (AvgIpc) is 3.61. The molecule has 0 bridgehead atoms. The molecule has 17 heteroatoms. The predicted octanol–water partition coefficient (Wildman–Crippen LogP) is 7.50. The van der Waals surface area contributed by atoms with Crippen molar-refractivity contribution in [1.29, 1.82) is 0 Å². The standard InChI is InChI=1S/C44H56N7O8PS/c1-8-28-21-44(28,60(55,56)24-27-12-11-17-45-22-27)50-39(52)36-19-31(23-51(36)40(53)38(43(4,5)6)49-42(54)59-29-13-9-10-14-29)58-37-20-34(35-25-61-41(48-35)46-26(2)3)47-33-18-30(57-7)15-16-32(33)37/h8,11-12,15-18,20,22,25-26,28-29,31,36,38H,1,9-10,13-14,19,21,23-24H2,2-7H3,(H,46,48)(H,49,54)(H,50,52)(H,55,56)/t28-,31-,36+,38?,44+/m1/s1. The van der Waals surface area contributed by atoms with Gasteiger partial charge in [-0.05, 0) is 75.1 Å². The van der Waals surface area contributed by atoms with Gasteiger partial charge in [0.15, 0.2) is 5.13 Å². The number of carbonyl (C=O) groups is 3. The Balaban J connectivity index is 1.22. The van der Waals surface area contributed by atoms with E-state index < -0.39 is 60.1 Å². The van der Waals surface area contributed by atoms with Crippen molar-refractivity contribution in [2.24, 2.45) is 11.3 Å². The number of amides is 3. The van der Waals surface area contributed by atoms with E-state index in [2.05, 4.69) is 27.5 Å². The van der Waals surface area contributed by atoms with Crippen molar-refractivity contribution in [2.45, 2.75) is 115 Å². The summed E-state index contributed by atoms with van der Waals surface area (Å²) >= 11 is 1.46. The lowest BCUT2D eigenvalue weighted by Gasteiger charge is -2.36. The highest BCUT2D eigenvalue weighted by Crippen LogP contribution is 2.70. The number of pyridine rings is 2. The maximum atomic E-state index is 14.9. The SMILES string of the molecule is C=C[C@@H]1C[C@]1(NC(=O)[C@@H]1C[C@@H](Oc2cc(-c3csc(NC(C)C)n3)nc3cc(OC)ccc23)CN1C(=O)C(NC(=O)OC1CCCC1)C(C)(C)C)P(=O)(O)Cc1cccnc1. The van der Waals surface area contributed by atoms with Crippen LogP contribution in [0.25, 0.3) is 22.3 Å². The first kappa shape index (κ1) is 44.0. The fourth-order valence-corrected chi connectivity index (χ4v) is 11.5. The van der Waals surface area contributed by atoms with E-state index in [0.717, 1.165) is 30.8 Å². The van der Waals surface area contributed by atoms with Crippen LogP contribution in [-0.2, 0) is 25.1 Å². The number of rotatable bonds is 15. The van der Waals surface area contributed by atoms with Crippen molar-refractivity contribution < 1.29 is 38.1 Å². The Bertz CT molecular complexity index is 2310. The molecule has 61 heavy (non-hydrogen) atoms. The normalized spacial score (nSPS) is 23.0. The number of alkyl carbamates (subject to hydrolysis) is 1. The van der Waals surface area contributed by atoms with E-state index in [4.69, 9.17) is 24.2 Å². The molecule has 15 nitrogen and oxygen atoms in total. The maximum absolute atomic E-state index is 14.9. The van der Waals surface area contributed by atoms with Crippen molar-refractivity contribution in [1.82, 2.24) is 30.5 Å². The topological polar surface area (TPSA) is 194 Å². The van der Waals surface area contributed by atoms with Crippen molar-refractivity contribution in [2.75, 3.05) is 19.0 Å². The zero-order valence-electron chi connectivity index (χ0n) is 35.6.